The van der Waals surface area contributed by atoms with E-state index in [0.717, 1.165) is 34.2 Å². The third kappa shape index (κ3) is 3.08. The number of fused-ring (bicyclic) bond motifs is 1. The minimum atomic E-state index is -5.23. The lowest BCUT2D eigenvalue weighted by Crippen LogP contribution is -2.41. The molecule has 146 valence electrons. The molecule has 1 N–H and O–H groups in total. The molecule has 3 heterocycles. The van der Waals surface area contributed by atoms with E-state index in [1.165, 1.54) is 19.3 Å². The second kappa shape index (κ2) is 6.08. The number of anilines is 2. The lowest BCUT2D eigenvalue weighted by molar-refractivity contribution is -0.169. The molecule has 0 bridgehead atoms. The molecule has 1 aliphatic rings. The van der Waals surface area contributed by atoms with E-state index >= 15 is 0 Å². The molecule has 0 unspecified atom stereocenters. The monoisotopic (exact) mass is 393 g/mol. The Morgan fingerprint density at radius 1 is 1.29 bits per heavy atom. The smallest absolute Gasteiger partial charge is 0.472 e. The van der Waals surface area contributed by atoms with Gasteiger partial charge in [-0.05, 0) is 30.4 Å². The minimum Gasteiger partial charge on any atom is -0.505 e. The Morgan fingerprint density at radius 3 is 2.64 bits per heavy atom. The van der Waals surface area contributed by atoms with Crippen molar-refractivity contribution >= 4 is 23.2 Å². The summed E-state index contributed by atoms with van der Waals surface area (Å²) in [6.07, 6.45) is 1.39. The van der Waals surface area contributed by atoms with E-state index in [1.54, 1.807) is 6.20 Å². The highest BCUT2D eigenvalue weighted by atomic mass is 19.4. The van der Waals surface area contributed by atoms with Gasteiger partial charge in [-0.1, -0.05) is 0 Å². The van der Waals surface area contributed by atoms with Gasteiger partial charge in [0.15, 0.2) is 11.6 Å². The molecule has 1 amide bonds. The standard InChI is InChI=1S/C17H14F3N5O3/c1-23-6-10(9-2-3-9)4-12(14(23)27)25(15(28)17(18,19)20)13-8-24-7-11(26)5-21-16(24)22-13/h4-9,26H,2-3H2,1H3. The van der Waals surface area contributed by atoms with Gasteiger partial charge < -0.3 is 9.67 Å². The number of imidazole rings is 1. The lowest BCUT2D eigenvalue weighted by Gasteiger charge is -2.22. The molecule has 1 fully saturated rings. The highest BCUT2D eigenvalue weighted by molar-refractivity contribution is 6.03. The molecular weight excluding hydrogens is 379 g/mol. The van der Waals surface area contributed by atoms with E-state index in [4.69, 9.17) is 0 Å². The van der Waals surface area contributed by atoms with Crippen molar-refractivity contribution in [2.75, 3.05) is 4.90 Å². The molecule has 0 radical (unpaired) electrons. The normalized spacial score (nSPS) is 14.4. The van der Waals surface area contributed by atoms with E-state index in [0.29, 0.717) is 5.56 Å². The molecule has 1 aliphatic carbocycles. The number of hydrogen-bond donors (Lipinski definition) is 1. The van der Waals surface area contributed by atoms with E-state index in [1.807, 2.05) is 0 Å². The summed E-state index contributed by atoms with van der Waals surface area (Å²) in [5, 5.41) is 9.49. The Bertz CT molecular complexity index is 1150. The predicted molar refractivity (Wildman–Crippen MR) is 91.5 cm³/mol. The van der Waals surface area contributed by atoms with Crippen LogP contribution in [0.1, 0.15) is 24.3 Å². The largest absolute Gasteiger partial charge is 0.505 e. The van der Waals surface area contributed by atoms with Crippen molar-refractivity contribution in [3.05, 3.63) is 46.8 Å². The van der Waals surface area contributed by atoms with Crippen LogP contribution in [0.15, 0.2) is 35.6 Å². The zero-order valence-electron chi connectivity index (χ0n) is 14.5. The zero-order valence-corrected chi connectivity index (χ0v) is 14.5. The summed E-state index contributed by atoms with van der Waals surface area (Å²) in [6, 6.07) is 1.30. The molecule has 0 spiro atoms. The average molecular weight is 393 g/mol. The van der Waals surface area contributed by atoms with Crippen molar-refractivity contribution in [1.29, 1.82) is 0 Å². The van der Waals surface area contributed by atoms with Crippen molar-refractivity contribution in [1.82, 2.24) is 18.9 Å². The van der Waals surface area contributed by atoms with E-state index < -0.39 is 29.1 Å². The van der Waals surface area contributed by atoms with E-state index in [2.05, 4.69) is 9.97 Å². The fraction of sp³-hybridized carbons (Fsp3) is 0.294. The average Bonchev–Trinajstić information content (AvgIpc) is 3.38. The molecule has 0 aromatic carbocycles. The highest BCUT2D eigenvalue weighted by Gasteiger charge is 2.45. The Balaban J connectivity index is 1.94. The van der Waals surface area contributed by atoms with Gasteiger partial charge in [-0.2, -0.15) is 18.2 Å². The Labute approximate surface area is 155 Å². The SMILES string of the molecule is Cn1cc(C2CC2)cc(N(C(=O)C(F)(F)F)c2cn3cc(O)cnc3n2)c1=O. The number of aromatic hydroxyl groups is 1. The van der Waals surface area contributed by atoms with Crippen LogP contribution in [0.2, 0.25) is 0 Å². The van der Waals surface area contributed by atoms with Gasteiger partial charge in [0.25, 0.3) is 5.56 Å². The van der Waals surface area contributed by atoms with Gasteiger partial charge >= 0.3 is 12.1 Å². The number of hydrogen-bond acceptors (Lipinski definition) is 5. The zero-order chi connectivity index (χ0) is 20.2. The van der Waals surface area contributed by atoms with Crippen LogP contribution < -0.4 is 10.5 Å². The first kappa shape index (κ1) is 18.0. The quantitative estimate of drug-likeness (QED) is 0.737. The summed E-state index contributed by atoms with van der Waals surface area (Å²) in [5.41, 5.74) is -0.534. The molecule has 8 nitrogen and oxygen atoms in total. The number of aromatic nitrogens is 4. The van der Waals surface area contributed by atoms with Crippen LogP contribution in [-0.2, 0) is 11.8 Å². The Kier molecular flexibility index (Phi) is 3.91. The third-order valence-corrected chi connectivity index (χ3v) is 4.43. The maximum atomic E-state index is 13.3. The van der Waals surface area contributed by atoms with Crippen LogP contribution >= 0.6 is 0 Å². The first-order chi connectivity index (χ1) is 13.1. The van der Waals surface area contributed by atoms with Gasteiger partial charge in [0, 0.05) is 13.2 Å². The number of carbonyl (C=O) groups is 1. The predicted octanol–water partition coefficient (Wildman–Crippen LogP) is 2.24. The number of aryl methyl sites for hydroxylation is 1. The number of carbonyl (C=O) groups excluding carboxylic acids is 1. The van der Waals surface area contributed by atoms with Crippen molar-refractivity contribution in [2.24, 2.45) is 7.05 Å². The fourth-order valence-corrected chi connectivity index (χ4v) is 2.95. The molecule has 3 aromatic rings. The summed E-state index contributed by atoms with van der Waals surface area (Å²) < 4.78 is 42.2. The number of amides is 1. The summed E-state index contributed by atoms with van der Waals surface area (Å²) in [7, 11) is 1.41. The fourth-order valence-electron chi connectivity index (χ4n) is 2.95. The number of rotatable bonds is 3. The van der Waals surface area contributed by atoms with Crippen LogP contribution in [0, 0.1) is 0 Å². The van der Waals surface area contributed by atoms with Gasteiger partial charge in [-0.25, -0.2) is 9.88 Å². The second-order valence-corrected chi connectivity index (χ2v) is 6.61. The van der Waals surface area contributed by atoms with Gasteiger partial charge in [0.2, 0.25) is 5.78 Å². The molecule has 4 rings (SSSR count). The summed E-state index contributed by atoms with van der Waals surface area (Å²) >= 11 is 0. The van der Waals surface area contributed by atoms with Crippen molar-refractivity contribution in [3.63, 3.8) is 0 Å². The van der Waals surface area contributed by atoms with Gasteiger partial charge in [0.1, 0.15) is 5.69 Å². The van der Waals surface area contributed by atoms with Crippen LogP contribution in [0.4, 0.5) is 24.7 Å². The van der Waals surface area contributed by atoms with Crippen LogP contribution in [0.3, 0.4) is 0 Å². The molecule has 0 saturated heterocycles. The first-order valence-corrected chi connectivity index (χ1v) is 8.30. The van der Waals surface area contributed by atoms with Crippen molar-refractivity contribution in [3.8, 4) is 5.75 Å². The van der Waals surface area contributed by atoms with Crippen LogP contribution in [-0.4, -0.2) is 36.1 Å². The number of nitrogens with zero attached hydrogens (tertiary/aromatic N) is 5. The summed E-state index contributed by atoms with van der Waals surface area (Å²) in [4.78, 5) is 32.8. The van der Waals surface area contributed by atoms with Gasteiger partial charge in [-0.15, -0.1) is 0 Å². The maximum absolute atomic E-state index is 13.3. The second-order valence-electron chi connectivity index (χ2n) is 6.61. The van der Waals surface area contributed by atoms with Crippen LogP contribution in [0.5, 0.6) is 5.75 Å². The van der Waals surface area contributed by atoms with Crippen molar-refractivity contribution < 1.29 is 23.1 Å². The Morgan fingerprint density at radius 2 is 2.00 bits per heavy atom. The van der Waals surface area contributed by atoms with E-state index in [9.17, 15) is 27.9 Å². The Hall–Kier alpha value is -3.37. The first-order valence-electron chi connectivity index (χ1n) is 8.30. The number of pyridine rings is 1. The minimum absolute atomic E-state index is 0.0389. The third-order valence-electron chi connectivity index (χ3n) is 4.43. The topological polar surface area (TPSA) is 92.7 Å². The van der Waals surface area contributed by atoms with E-state index in [-0.39, 0.29) is 22.3 Å². The van der Waals surface area contributed by atoms with Crippen molar-refractivity contribution in [2.45, 2.75) is 24.9 Å². The molecule has 0 aliphatic heterocycles. The maximum Gasteiger partial charge on any atom is 0.472 e. The summed E-state index contributed by atoms with van der Waals surface area (Å²) in [6.45, 7) is 0. The van der Waals surface area contributed by atoms with Crippen LogP contribution in [0.25, 0.3) is 5.78 Å². The number of halogens is 3. The molecule has 0 atom stereocenters. The lowest BCUT2D eigenvalue weighted by atomic mass is 10.1. The summed E-state index contributed by atoms with van der Waals surface area (Å²) in [5.74, 6) is -2.80. The number of alkyl halides is 3. The molecule has 28 heavy (non-hydrogen) atoms. The molecular formula is C17H14F3N5O3. The highest BCUT2D eigenvalue weighted by Crippen LogP contribution is 2.41. The van der Waals surface area contributed by atoms with Gasteiger partial charge in [0.05, 0.1) is 18.6 Å². The molecule has 3 aromatic heterocycles. The van der Waals surface area contributed by atoms with Gasteiger partial charge in [-0.3, -0.25) is 14.0 Å². The molecule has 1 saturated carbocycles. The molecule has 11 heteroatoms.